The Labute approximate surface area is 128 Å². The van der Waals surface area contributed by atoms with Gasteiger partial charge in [0.05, 0.1) is 5.92 Å². The van der Waals surface area contributed by atoms with Gasteiger partial charge in [0.1, 0.15) is 6.61 Å². The first-order valence-electron chi connectivity index (χ1n) is 7.62. The van der Waals surface area contributed by atoms with E-state index in [1.165, 1.54) is 16.7 Å². The Hall–Kier alpha value is -1.57. The van der Waals surface area contributed by atoms with E-state index in [0.717, 1.165) is 5.56 Å². The summed E-state index contributed by atoms with van der Waals surface area (Å²) in [6.07, 6.45) is 2.20. The molecule has 2 heteroatoms. The van der Waals surface area contributed by atoms with Crippen LogP contribution >= 0.6 is 0 Å². The fourth-order valence-corrected chi connectivity index (χ4v) is 3.00. The van der Waals surface area contributed by atoms with Crippen LogP contribution in [0.15, 0.2) is 29.8 Å². The van der Waals surface area contributed by atoms with E-state index >= 15 is 0 Å². The number of carbonyl (C=O) groups excluding carboxylic acids is 1. The first-order valence-corrected chi connectivity index (χ1v) is 7.62. The van der Waals surface area contributed by atoms with Gasteiger partial charge in [-0.3, -0.25) is 4.79 Å². The van der Waals surface area contributed by atoms with Crippen LogP contribution in [0.2, 0.25) is 0 Å². The molecule has 0 saturated heterocycles. The fraction of sp³-hybridized carbons (Fsp3) is 0.526. The molecule has 0 aromatic heterocycles. The maximum absolute atomic E-state index is 12.3. The second-order valence-corrected chi connectivity index (χ2v) is 7.04. The highest BCUT2D eigenvalue weighted by atomic mass is 16.5. The third-order valence-corrected chi connectivity index (χ3v) is 4.76. The molecule has 0 amide bonds. The van der Waals surface area contributed by atoms with Crippen LogP contribution in [-0.2, 0) is 16.1 Å². The van der Waals surface area contributed by atoms with E-state index in [9.17, 15) is 4.79 Å². The van der Waals surface area contributed by atoms with E-state index in [0.29, 0.717) is 12.5 Å². The standard InChI is InChI=1S/C19H26O2/c1-12(2)10-16-17(19(16,5)6)18(20)21-11-15-9-7-8-13(3)14(15)4/h7-10,16-17H,11H2,1-6H3. The first kappa shape index (κ1) is 15.8. The molecule has 1 aliphatic rings. The van der Waals surface area contributed by atoms with Gasteiger partial charge in [-0.15, -0.1) is 0 Å². The summed E-state index contributed by atoms with van der Waals surface area (Å²) < 4.78 is 5.57. The summed E-state index contributed by atoms with van der Waals surface area (Å²) in [6, 6.07) is 6.12. The Morgan fingerprint density at radius 3 is 2.57 bits per heavy atom. The molecular weight excluding hydrogens is 260 g/mol. The Morgan fingerprint density at radius 1 is 1.29 bits per heavy atom. The fourth-order valence-electron chi connectivity index (χ4n) is 3.00. The quantitative estimate of drug-likeness (QED) is 0.598. The molecule has 0 spiro atoms. The van der Waals surface area contributed by atoms with Crippen molar-refractivity contribution in [3.05, 3.63) is 46.5 Å². The van der Waals surface area contributed by atoms with E-state index < -0.39 is 0 Å². The molecule has 0 radical (unpaired) electrons. The van der Waals surface area contributed by atoms with Gasteiger partial charge in [-0.1, -0.05) is 43.7 Å². The van der Waals surface area contributed by atoms with Crippen molar-refractivity contribution in [2.24, 2.45) is 17.3 Å². The lowest BCUT2D eigenvalue weighted by molar-refractivity contribution is -0.147. The third-order valence-electron chi connectivity index (χ3n) is 4.76. The zero-order valence-corrected chi connectivity index (χ0v) is 14.0. The molecule has 2 rings (SSSR count). The number of aryl methyl sites for hydroxylation is 1. The van der Waals surface area contributed by atoms with Crippen molar-refractivity contribution in [3.8, 4) is 0 Å². The Morgan fingerprint density at radius 2 is 1.95 bits per heavy atom. The van der Waals surface area contributed by atoms with E-state index in [4.69, 9.17) is 4.74 Å². The second kappa shape index (κ2) is 5.67. The summed E-state index contributed by atoms with van der Waals surface area (Å²) in [5, 5.41) is 0. The van der Waals surface area contributed by atoms with Crippen molar-refractivity contribution in [1.29, 1.82) is 0 Å². The molecule has 2 atom stereocenters. The summed E-state index contributed by atoms with van der Waals surface area (Å²) >= 11 is 0. The van der Waals surface area contributed by atoms with Crippen molar-refractivity contribution in [2.45, 2.75) is 48.1 Å². The zero-order chi connectivity index (χ0) is 15.8. The number of benzene rings is 1. The van der Waals surface area contributed by atoms with Crippen LogP contribution in [0.5, 0.6) is 0 Å². The van der Waals surface area contributed by atoms with Gasteiger partial charge in [0.2, 0.25) is 0 Å². The minimum Gasteiger partial charge on any atom is -0.461 e. The molecular formula is C19H26O2. The minimum absolute atomic E-state index is 0.00230. The average molecular weight is 286 g/mol. The van der Waals surface area contributed by atoms with Gasteiger partial charge in [-0.2, -0.15) is 0 Å². The highest BCUT2D eigenvalue weighted by molar-refractivity contribution is 5.78. The summed E-state index contributed by atoms with van der Waals surface area (Å²) in [7, 11) is 0. The predicted octanol–water partition coefficient (Wildman–Crippen LogP) is 4.59. The molecule has 1 aliphatic carbocycles. The van der Waals surface area contributed by atoms with Crippen LogP contribution < -0.4 is 0 Å². The van der Waals surface area contributed by atoms with Gasteiger partial charge < -0.3 is 4.74 Å². The van der Waals surface area contributed by atoms with Crippen LogP contribution in [-0.4, -0.2) is 5.97 Å². The molecule has 1 aromatic carbocycles. The van der Waals surface area contributed by atoms with Gasteiger partial charge >= 0.3 is 5.97 Å². The second-order valence-electron chi connectivity index (χ2n) is 7.04. The maximum Gasteiger partial charge on any atom is 0.310 e. The number of hydrogen-bond donors (Lipinski definition) is 0. The molecule has 1 saturated carbocycles. The van der Waals surface area contributed by atoms with Gasteiger partial charge in [0, 0.05) is 0 Å². The molecule has 114 valence electrons. The number of esters is 1. The summed E-state index contributed by atoms with van der Waals surface area (Å²) in [5.41, 5.74) is 4.83. The maximum atomic E-state index is 12.3. The molecule has 1 fully saturated rings. The summed E-state index contributed by atoms with van der Waals surface area (Å²) in [6.45, 7) is 13.0. The number of hydrogen-bond acceptors (Lipinski definition) is 2. The largest absolute Gasteiger partial charge is 0.461 e. The lowest BCUT2D eigenvalue weighted by Gasteiger charge is -2.10. The average Bonchev–Trinajstić information content (AvgIpc) is 2.91. The number of carbonyl (C=O) groups is 1. The highest BCUT2D eigenvalue weighted by Gasteiger charge is 2.61. The monoisotopic (exact) mass is 286 g/mol. The van der Waals surface area contributed by atoms with Crippen LogP contribution in [0.3, 0.4) is 0 Å². The van der Waals surface area contributed by atoms with Crippen LogP contribution in [0.4, 0.5) is 0 Å². The van der Waals surface area contributed by atoms with Crippen molar-refractivity contribution in [2.75, 3.05) is 0 Å². The summed E-state index contributed by atoms with van der Waals surface area (Å²) in [4.78, 5) is 12.3. The van der Waals surface area contributed by atoms with Gasteiger partial charge in [-0.25, -0.2) is 0 Å². The van der Waals surface area contributed by atoms with E-state index in [-0.39, 0.29) is 17.3 Å². The molecule has 0 aliphatic heterocycles. The van der Waals surface area contributed by atoms with E-state index in [1.807, 2.05) is 12.1 Å². The Bertz CT molecular complexity index is 577. The number of rotatable bonds is 4. The third kappa shape index (κ3) is 3.20. The normalized spacial score (nSPS) is 22.6. The minimum atomic E-state index is -0.0663. The molecule has 21 heavy (non-hydrogen) atoms. The smallest absolute Gasteiger partial charge is 0.310 e. The van der Waals surface area contributed by atoms with Crippen molar-refractivity contribution >= 4 is 5.97 Å². The molecule has 1 aromatic rings. The highest BCUT2D eigenvalue weighted by Crippen LogP contribution is 2.59. The number of ether oxygens (including phenoxy) is 1. The molecule has 0 N–H and O–H groups in total. The molecule has 2 nitrogen and oxygen atoms in total. The summed E-state index contributed by atoms with van der Waals surface area (Å²) in [5.74, 6) is 0.245. The Kier molecular flexibility index (Phi) is 4.27. The predicted molar refractivity (Wildman–Crippen MR) is 85.9 cm³/mol. The van der Waals surface area contributed by atoms with E-state index in [1.54, 1.807) is 0 Å². The lowest BCUT2D eigenvalue weighted by Crippen LogP contribution is -2.11. The van der Waals surface area contributed by atoms with Crippen LogP contribution in [0, 0.1) is 31.1 Å². The van der Waals surface area contributed by atoms with E-state index in [2.05, 4.69) is 53.7 Å². The van der Waals surface area contributed by atoms with Crippen molar-refractivity contribution in [1.82, 2.24) is 0 Å². The van der Waals surface area contributed by atoms with Crippen LogP contribution in [0.1, 0.15) is 44.4 Å². The van der Waals surface area contributed by atoms with Gasteiger partial charge in [0.15, 0.2) is 0 Å². The Balaban J connectivity index is 2.00. The zero-order valence-electron chi connectivity index (χ0n) is 14.0. The topological polar surface area (TPSA) is 26.3 Å². The van der Waals surface area contributed by atoms with Gasteiger partial charge in [-0.05, 0) is 55.7 Å². The van der Waals surface area contributed by atoms with Crippen molar-refractivity contribution < 1.29 is 9.53 Å². The lowest BCUT2D eigenvalue weighted by atomic mass is 10.0. The number of allylic oxidation sites excluding steroid dienone is 2. The van der Waals surface area contributed by atoms with Gasteiger partial charge in [0.25, 0.3) is 0 Å². The SMILES string of the molecule is CC(C)=CC1C(C(=O)OCc2cccc(C)c2C)C1(C)C. The van der Waals surface area contributed by atoms with Crippen molar-refractivity contribution in [3.63, 3.8) is 0 Å². The van der Waals surface area contributed by atoms with Crippen LogP contribution in [0.25, 0.3) is 0 Å². The molecule has 2 unspecified atom stereocenters. The molecule has 0 bridgehead atoms. The molecule has 0 heterocycles. The first-order chi connectivity index (χ1) is 9.75.